The summed E-state index contributed by atoms with van der Waals surface area (Å²) in [5.41, 5.74) is 1.49. The third kappa shape index (κ3) is 5.17. The Kier molecular flexibility index (Phi) is 6.63. The van der Waals surface area contributed by atoms with E-state index in [9.17, 15) is 9.59 Å². The number of anilines is 1. The minimum atomic E-state index is -0.256. The number of hydrogen-bond acceptors (Lipinski definition) is 3. The molecular weight excluding hydrogens is 406 g/mol. The zero-order valence-electron chi connectivity index (χ0n) is 15.4. The number of benzene rings is 2. The molecule has 1 aliphatic carbocycles. The van der Waals surface area contributed by atoms with Gasteiger partial charge in [0, 0.05) is 23.6 Å². The maximum absolute atomic E-state index is 12.6. The number of carbonyl (C=O) groups excluding carboxylic acids is 2. The van der Waals surface area contributed by atoms with Gasteiger partial charge in [-0.1, -0.05) is 31.2 Å². The van der Waals surface area contributed by atoms with Gasteiger partial charge in [-0.3, -0.25) is 14.5 Å². The zero-order chi connectivity index (χ0) is 19.2. The summed E-state index contributed by atoms with van der Waals surface area (Å²) < 4.78 is 0.712. The number of halogens is 1. The van der Waals surface area contributed by atoms with Crippen molar-refractivity contribution in [3.05, 3.63) is 64.1 Å². The van der Waals surface area contributed by atoms with E-state index >= 15 is 0 Å². The SMILES string of the molecule is CCN(CCNC(=O)c1ccccc1NC(=O)c1ccccc1Br)C1CC1. The Hall–Kier alpha value is -2.18. The molecule has 0 atom stereocenters. The van der Waals surface area contributed by atoms with Gasteiger partial charge in [0.05, 0.1) is 16.8 Å². The van der Waals surface area contributed by atoms with E-state index in [0.717, 1.165) is 13.1 Å². The summed E-state index contributed by atoms with van der Waals surface area (Å²) in [4.78, 5) is 27.6. The fourth-order valence-electron chi connectivity index (χ4n) is 3.07. The third-order valence-corrected chi connectivity index (χ3v) is 5.38. The van der Waals surface area contributed by atoms with E-state index in [2.05, 4.69) is 38.4 Å². The average Bonchev–Trinajstić information content (AvgIpc) is 3.51. The smallest absolute Gasteiger partial charge is 0.256 e. The van der Waals surface area contributed by atoms with Crippen LogP contribution in [-0.4, -0.2) is 42.4 Å². The zero-order valence-corrected chi connectivity index (χ0v) is 17.0. The second-order valence-corrected chi connectivity index (χ2v) is 7.45. The number of likely N-dealkylation sites (N-methyl/N-ethyl adjacent to an activating group) is 1. The molecule has 0 heterocycles. The van der Waals surface area contributed by atoms with Crippen LogP contribution in [0.15, 0.2) is 53.0 Å². The molecule has 0 saturated heterocycles. The number of nitrogens with one attached hydrogen (secondary N) is 2. The molecule has 6 heteroatoms. The van der Waals surface area contributed by atoms with Gasteiger partial charge >= 0.3 is 0 Å². The molecule has 0 radical (unpaired) electrons. The molecule has 0 bridgehead atoms. The summed E-state index contributed by atoms with van der Waals surface area (Å²) in [6, 6.07) is 15.0. The Balaban J connectivity index is 1.63. The van der Waals surface area contributed by atoms with Gasteiger partial charge in [0.1, 0.15) is 0 Å². The molecule has 0 aliphatic heterocycles. The van der Waals surface area contributed by atoms with Crippen LogP contribution in [0, 0.1) is 0 Å². The van der Waals surface area contributed by atoms with Crippen LogP contribution in [0.5, 0.6) is 0 Å². The van der Waals surface area contributed by atoms with Crippen LogP contribution in [0.3, 0.4) is 0 Å². The Morgan fingerprint density at radius 3 is 2.37 bits per heavy atom. The summed E-state index contributed by atoms with van der Waals surface area (Å²) in [5, 5.41) is 5.82. The summed E-state index contributed by atoms with van der Waals surface area (Å²) in [6.45, 7) is 4.58. The molecule has 0 unspecified atom stereocenters. The van der Waals surface area contributed by atoms with Crippen LogP contribution in [-0.2, 0) is 0 Å². The molecular formula is C21H24BrN3O2. The molecule has 3 rings (SSSR count). The normalized spacial score (nSPS) is 13.4. The van der Waals surface area contributed by atoms with Gasteiger partial charge in [0.2, 0.25) is 0 Å². The number of hydrogen-bond donors (Lipinski definition) is 2. The number of para-hydroxylation sites is 1. The molecule has 2 N–H and O–H groups in total. The lowest BCUT2D eigenvalue weighted by atomic mass is 10.1. The molecule has 0 aromatic heterocycles. The van der Waals surface area contributed by atoms with Crippen LogP contribution in [0.4, 0.5) is 5.69 Å². The van der Waals surface area contributed by atoms with Crippen molar-refractivity contribution in [2.45, 2.75) is 25.8 Å². The molecule has 0 spiro atoms. The first kappa shape index (κ1) is 19.6. The highest BCUT2D eigenvalue weighted by atomic mass is 79.9. The predicted octanol–water partition coefficient (Wildman–Crippen LogP) is 3.92. The molecule has 1 saturated carbocycles. The van der Waals surface area contributed by atoms with Crippen LogP contribution >= 0.6 is 15.9 Å². The minimum absolute atomic E-state index is 0.176. The fourth-order valence-corrected chi connectivity index (χ4v) is 3.54. The van der Waals surface area contributed by atoms with Crippen molar-refractivity contribution < 1.29 is 9.59 Å². The van der Waals surface area contributed by atoms with Gasteiger partial charge in [-0.05, 0) is 59.6 Å². The highest BCUT2D eigenvalue weighted by Gasteiger charge is 2.27. The summed E-state index contributed by atoms with van der Waals surface area (Å²) in [5.74, 6) is -0.432. The van der Waals surface area contributed by atoms with Crippen molar-refractivity contribution in [2.24, 2.45) is 0 Å². The largest absolute Gasteiger partial charge is 0.351 e. The topological polar surface area (TPSA) is 61.4 Å². The highest BCUT2D eigenvalue weighted by Crippen LogP contribution is 2.26. The van der Waals surface area contributed by atoms with Crippen molar-refractivity contribution in [1.29, 1.82) is 0 Å². The number of carbonyl (C=O) groups is 2. The van der Waals surface area contributed by atoms with Crippen molar-refractivity contribution in [3.63, 3.8) is 0 Å². The second kappa shape index (κ2) is 9.15. The van der Waals surface area contributed by atoms with E-state index in [1.165, 1.54) is 12.8 Å². The lowest BCUT2D eigenvalue weighted by Gasteiger charge is -2.20. The minimum Gasteiger partial charge on any atom is -0.351 e. The first-order valence-corrected chi connectivity index (χ1v) is 10.1. The van der Waals surface area contributed by atoms with Gasteiger partial charge in [-0.25, -0.2) is 0 Å². The van der Waals surface area contributed by atoms with Crippen LogP contribution in [0.25, 0.3) is 0 Å². The molecule has 27 heavy (non-hydrogen) atoms. The van der Waals surface area contributed by atoms with E-state index in [1.54, 1.807) is 36.4 Å². The van der Waals surface area contributed by atoms with Gasteiger partial charge in [-0.2, -0.15) is 0 Å². The summed E-state index contributed by atoms with van der Waals surface area (Å²) in [6.07, 6.45) is 2.51. The number of nitrogens with zero attached hydrogens (tertiary/aromatic N) is 1. The fraction of sp³-hybridized carbons (Fsp3) is 0.333. The molecule has 1 fully saturated rings. The molecule has 1 aliphatic rings. The lowest BCUT2D eigenvalue weighted by molar-refractivity contribution is 0.0949. The van der Waals surface area contributed by atoms with Gasteiger partial charge in [0.25, 0.3) is 11.8 Å². The molecule has 2 aromatic carbocycles. The number of rotatable bonds is 8. The monoisotopic (exact) mass is 429 g/mol. The Labute approximate surface area is 168 Å². The Morgan fingerprint density at radius 2 is 1.70 bits per heavy atom. The summed E-state index contributed by atoms with van der Waals surface area (Å²) >= 11 is 3.38. The van der Waals surface area contributed by atoms with E-state index in [-0.39, 0.29) is 11.8 Å². The quantitative estimate of drug-likeness (QED) is 0.668. The Bertz CT molecular complexity index is 821. The van der Waals surface area contributed by atoms with Crippen molar-refractivity contribution in [3.8, 4) is 0 Å². The first-order chi connectivity index (χ1) is 13.1. The van der Waals surface area contributed by atoms with Crippen molar-refractivity contribution in [2.75, 3.05) is 25.0 Å². The van der Waals surface area contributed by atoms with E-state index in [0.29, 0.717) is 33.9 Å². The van der Waals surface area contributed by atoms with Gasteiger partial charge in [0.15, 0.2) is 0 Å². The van der Waals surface area contributed by atoms with Gasteiger partial charge in [-0.15, -0.1) is 0 Å². The van der Waals surface area contributed by atoms with Crippen LogP contribution < -0.4 is 10.6 Å². The van der Waals surface area contributed by atoms with Gasteiger partial charge < -0.3 is 10.6 Å². The van der Waals surface area contributed by atoms with Crippen molar-refractivity contribution >= 4 is 33.4 Å². The first-order valence-electron chi connectivity index (χ1n) is 9.27. The lowest BCUT2D eigenvalue weighted by Crippen LogP contribution is -2.36. The standard InChI is InChI=1S/C21H24BrN3O2/c1-2-25(15-11-12-15)14-13-23-20(26)17-8-4-6-10-19(17)24-21(27)16-7-3-5-9-18(16)22/h3-10,15H,2,11-14H2,1H3,(H,23,26)(H,24,27). The van der Waals surface area contributed by atoms with E-state index in [1.807, 2.05) is 12.1 Å². The molecule has 5 nitrogen and oxygen atoms in total. The van der Waals surface area contributed by atoms with Crippen LogP contribution in [0.1, 0.15) is 40.5 Å². The van der Waals surface area contributed by atoms with Crippen LogP contribution in [0.2, 0.25) is 0 Å². The molecule has 2 amide bonds. The Morgan fingerprint density at radius 1 is 1.04 bits per heavy atom. The van der Waals surface area contributed by atoms with E-state index < -0.39 is 0 Å². The average molecular weight is 430 g/mol. The van der Waals surface area contributed by atoms with Crippen molar-refractivity contribution in [1.82, 2.24) is 10.2 Å². The maximum atomic E-state index is 12.6. The number of amides is 2. The third-order valence-electron chi connectivity index (χ3n) is 4.69. The highest BCUT2D eigenvalue weighted by molar-refractivity contribution is 9.10. The molecule has 2 aromatic rings. The van der Waals surface area contributed by atoms with E-state index in [4.69, 9.17) is 0 Å². The molecule has 142 valence electrons. The predicted molar refractivity (Wildman–Crippen MR) is 111 cm³/mol. The maximum Gasteiger partial charge on any atom is 0.256 e. The summed E-state index contributed by atoms with van der Waals surface area (Å²) in [7, 11) is 0. The second-order valence-electron chi connectivity index (χ2n) is 6.60.